The molecule has 1 heteroatoms. The lowest BCUT2D eigenvalue weighted by Gasteiger charge is -2.28. The Balaban J connectivity index is 0.905. The van der Waals surface area contributed by atoms with Crippen LogP contribution in [0, 0.1) is 35.5 Å². The van der Waals surface area contributed by atoms with Crippen molar-refractivity contribution >= 4 is 0 Å². The molecule has 0 bridgehead atoms. The van der Waals surface area contributed by atoms with Gasteiger partial charge in [0.15, 0.2) is 0 Å². The molecule has 0 aliphatic heterocycles. The number of hydrogen-bond donors (Lipinski definition) is 0. The van der Waals surface area contributed by atoms with Crippen molar-refractivity contribution in [3.8, 4) is 0 Å². The highest BCUT2D eigenvalue weighted by Crippen LogP contribution is 2.37. The van der Waals surface area contributed by atoms with Crippen molar-refractivity contribution in [1.29, 1.82) is 0 Å². The van der Waals surface area contributed by atoms with Crippen molar-refractivity contribution in [2.45, 2.75) is 194 Å². The van der Waals surface area contributed by atoms with Crippen LogP contribution in [0.15, 0.2) is 23.3 Å². The summed E-state index contributed by atoms with van der Waals surface area (Å²) in [5.41, 5.74) is 3.51. The first kappa shape index (κ1) is 35.3. The van der Waals surface area contributed by atoms with Gasteiger partial charge in [0.2, 0.25) is 0 Å². The van der Waals surface area contributed by atoms with E-state index in [9.17, 15) is 0 Å². The zero-order chi connectivity index (χ0) is 30.0. The van der Waals surface area contributed by atoms with Crippen molar-refractivity contribution in [1.82, 2.24) is 0 Å². The molecule has 0 amide bonds. The molecule has 248 valence electrons. The molecule has 2 unspecified atom stereocenters. The second-order valence-corrected chi connectivity index (χ2v) is 16.0. The first-order valence-electron chi connectivity index (χ1n) is 20.1. The lowest BCUT2D eigenvalue weighted by atomic mass is 9.78. The van der Waals surface area contributed by atoms with Gasteiger partial charge >= 0.3 is 0 Å². The van der Waals surface area contributed by atoms with Gasteiger partial charge in [-0.1, -0.05) is 140 Å². The molecule has 2 atom stereocenters. The predicted octanol–water partition coefficient (Wildman–Crippen LogP) is 13.6. The van der Waals surface area contributed by atoms with Crippen LogP contribution in [0.1, 0.15) is 194 Å². The third-order valence-corrected chi connectivity index (χ3v) is 12.8. The van der Waals surface area contributed by atoms with E-state index in [0.717, 1.165) is 48.7 Å². The zero-order valence-electron chi connectivity index (χ0n) is 29.2. The van der Waals surface area contributed by atoms with E-state index in [1.807, 2.05) is 0 Å². The van der Waals surface area contributed by atoms with Crippen molar-refractivity contribution in [3.05, 3.63) is 23.3 Å². The topological polar surface area (TPSA) is 9.23 Å². The molecule has 4 aliphatic carbocycles. The summed E-state index contributed by atoms with van der Waals surface area (Å²) < 4.78 is 6.02. The third-order valence-electron chi connectivity index (χ3n) is 12.8. The third kappa shape index (κ3) is 14.2. The number of rotatable bonds is 20. The van der Waals surface area contributed by atoms with Gasteiger partial charge in [0, 0.05) is 13.2 Å². The second-order valence-electron chi connectivity index (χ2n) is 16.0. The van der Waals surface area contributed by atoms with E-state index in [1.165, 1.54) is 180 Å². The number of hydrogen-bond acceptors (Lipinski definition) is 1. The van der Waals surface area contributed by atoms with Gasteiger partial charge in [0.25, 0.3) is 0 Å². The summed E-state index contributed by atoms with van der Waals surface area (Å²) in [6, 6.07) is 0. The summed E-state index contributed by atoms with van der Waals surface area (Å²) in [6.07, 6.45) is 45.4. The Morgan fingerprint density at radius 2 is 0.860 bits per heavy atom. The van der Waals surface area contributed by atoms with Crippen LogP contribution in [-0.4, -0.2) is 13.2 Å². The quantitative estimate of drug-likeness (QED) is 0.101. The molecule has 0 radical (unpaired) electrons. The molecule has 0 aromatic rings. The van der Waals surface area contributed by atoms with Crippen LogP contribution in [-0.2, 0) is 4.74 Å². The van der Waals surface area contributed by atoms with Gasteiger partial charge < -0.3 is 4.74 Å². The summed E-state index contributed by atoms with van der Waals surface area (Å²) in [6.45, 7) is 6.71. The molecule has 1 nitrogen and oxygen atoms in total. The van der Waals surface area contributed by atoms with Crippen LogP contribution < -0.4 is 0 Å². The monoisotopic (exact) mass is 595 g/mol. The van der Waals surface area contributed by atoms with Crippen LogP contribution in [0.2, 0.25) is 0 Å². The van der Waals surface area contributed by atoms with Crippen molar-refractivity contribution < 1.29 is 4.74 Å². The van der Waals surface area contributed by atoms with Crippen LogP contribution in [0.3, 0.4) is 0 Å². The lowest BCUT2D eigenvalue weighted by molar-refractivity contribution is 0.126. The lowest BCUT2D eigenvalue weighted by Crippen LogP contribution is -2.14. The highest BCUT2D eigenvalue weighted by molar-refractivity contribution is 5.07. The molecule has 4 rings (SSSR count). The van der Waals surface area contributed by atoms with Crippen molar-refractivity contribution in [2.75, 3.05) is 13.2 Å². The molecule has 0 saturated heterocycles. The van der Waals surface area contributed by atoms with E-state index in [-0.39, 0.29) is 0 Å². The first-order chi connectivity index (χ1) is 21.2. The molecule has 0 aromatic carbocycles. The Hall–Kier alpha value is -0.560. The van der Waals surface area contributed by atoms with Gasteiger partial charge in [-0.2, -0.15) is 0 Å². The second kappa shape index (κ2) is 21.3. The van der Waals surface area contributed by atoms with Crippen molar-refractivity contribution in [2.24, 2.45) is 35.5 Å². The zero-order valence-corrected chi connectivity index (χ0v) is 29.2. The van der Waals surface area contributed by atoms with Gasteiger partial charge in [-0.3, -0.25) is 0 Å². The van der Waals surface area contributed by atoms with E-state index in [4.69, 9.17) is 4.74 Å². The average Bonchev–Trinajstić information content (AvgIpc) is 3.06. The minimum absolute atomic E-state index is 0.973. The van der Waals surface area contributed by atoms with Gasteiger partial charge in [0.1, 0.15) is 0 Å². The molecule has 2 saturated carbocycles. The fourth-order valence-corrected chi connectivity index (χ4v) is 9.33. The number of allylic oxidation sites excluding steroid dienone is 4. The molecule has 0 heterocycles. The van der Waals surface area contributed by atoms with Crippen molar-refractivity contribution in [3.63, 3.8) is 0 Å². The standard InChI is InChI=1S/C42H74O/c1-3-35-17-21-39(22-18-35)13-9-15-41-29-25-37(26-30-41)11-5-7-33-43-34-8-6-12-38-27-31-42(32-28-38)16-10-14-40-23-19-36(4-2)20-24-40/h25,27,35-36,39-42H,3-24,26,28-34H2,1-2H3. The summed E-state index contributed by atoms with van der Waals surface area (Å²) >= 11 is 0. The maximum absolute atomic E-state index is 6.02. The van der Waals surface area contributed by atoms with Gasteiger partial charge in [-0.05, 0) is 113 Å². The van der Waals surface area contributed by atoms with Crippen LogP contribution in [0.5, 0.6) is 0 Å². The largest absolute Gasteiger partial charge is 0.381 e. The van der Waals surface area contributed by atoms with E-state index in [2.05, 4.69) is 26.0 Å². The molecular weight excluding hydrogens is 520 g/mol. The maximum Gasteiger partial charge on any atom is 0.0466 e. The Labute approximate surface area is 269 Å². The summed E-state index contributed by atoms with van der Waals surface area (Å²) in [5, 5.41) is 0. The van der Waals surface area contributed by atoms with Crippen LogP contribution in [0.4, 0.5) is 0 Å². The van der Waals surface area contributed by atoms with Crippen LogP contribution in [0.25, 0.3) is 0 Å². The normalized spacial score (nSPS) is 30.2. The molecule has 0 N–H and O–H groups in total. The van der Waals surface area contributed by atoms with Gasteiger partial charge in [-0.15, -0.1) is 0 Å². The smallest absolute Gasteiger partial charge is 0.0466 e. The molecular formula is C42H74O. The van der Waals surface area contributed by atoms with E-state index < -0.39 is 0 Å². The van der Waals surface area contributed by atoms with Crippen LogP contribution >= 0.6 is 0 Å². The highest BCUT2D eigenvalue weighted by atomic mass is 16.5. The first-order valence-corrected chi connectivity index (χ1v) is 20.1. The minimum atomic E-state index is 0.973. The summed E-state index contributed by atoms with van der Waals surface area (Å²) in [7, 11) is 0. The average molecular weight is 595 g/mol. The highest BCUT2D eigenvalue weighted by Gasteiger charge is 2.22. The van der Waals surface area contributed by atoms with E-state index in [0.29, 0.717) is 0 Å². The molecule has 2 fully saturated rings. The van der Waals surface area contributed by atoms with Gasteiger partial charge in [-0.25, -0.2) is 0 Å². The van der Waals surface area contributed by atoms with E-state index >= 15 is 0 Å². The van der Waals surface area contributed by atoms with E-state index in [1.54, 1.807) is 11.1 Å². The fourth-order valence-electron chi connectivity index (χ4n) is 9.33. The molecule has 43 heavy (non-hydrogen) atoms. The molecule has 0 aromatic heterocycles. The predicted molar refractivity (Wildman–Crippen MR) is 189 cm³/mol. The Morgan fingerprint density at radius 3 is 1.23 bits per heavy atom. The fraction of sp³-hybridized carbons (Fsp3) is 0.905. The summed E-state index contributed by atoms with van der Waals surface area (Å²) in [5.74, 6) is 6.17. The summed E-state index contributed by atoms with van der Waals surface area (Å²) in [4.78, 5) is 0. The minimum Gasteiger partial charge on any atom is -0.381 e. The van der Waals surface area contributed by atoms with Gasteiger partial charge in [0.05, 0.1) is 0 Å². The maximum atomic E-state index is 6.02. The SMILES string of the molecule is CCC1CCC(CCCC2CC=C(CCCCOCCCCC3=CCC(CCCC4CCC(CC)CC4)CC3)CC2)CC1. The number of ether oxygens (including phenoxy) is 1. The Morgan fingerprint density at radius 1 is 0.465 bits per heavy atom. The molecule has 0 spiro atoms. The number of unbranched alkanes of at least 4 members (excludes halogenated alkanes) is 2. The Kier molecular flexibility index (Phi) is 17.5. The Bertz CT molecular complexity index is 698. The molecule has 4 aliphatic rings.